The van der Waals surface area contributed by atoms with E-state index in [0.29, 0.717) is 28.6 Å². The largest absolute Gasteiger partial charge is 0.464 e. The number of fused-ring (bicyclic) bond motifs is 2. The summed E-state index contributed by atoms with van der Waals surface area (Å²) >= 11 is 12.3. The molecule has 0 unspecified atom stereocenters. The zero-order valence-electron chi connectivity index (χ0n) is 26.9. The molecule has 0 amide bonds. The Bertz CT molecular complexity index is 1800. The number of anilines is 1. The van der Waals surface area contributed by atoms with Gasteiger partial charge in [-0.15, -0.1) is 11.6 Å². The second-order valence-corrected chi connectivity index (χ2v) is 16.1. The Morgan fingerprint density at radius 3 is 2.68 bits per heavy atom. The van der Waals surface area contributed by atoms with Gasteiger partial charge in [0.1, 0.15) is 29.3 Å². The summed E-state index contributed by atoms with van der Waals surface area (Å²) in [6.45, 7) is 5.17. The van der Waals surface area contributed by atoms with E-state index in [-0.39, 0.29) is 17.9 Å². The highest BCUT2D eigenvalue weighted by atomic mass is 35.5. The van der Waals surface area contributed by atoms with Gasteiger partial charge in [0.15, 0.2) is 29.4 Å². The minimum atomic E-state index is -3.65. The molecule has 5 rings (SSSR count). The molecule has 1 aliphatic heterocycles. The molecular formula is C31H39ClFN6O6PS. The van der Waals surface area contributed by atoms with Crippen LogP contribution in [0.25, 0.3) is 21.9 Å². The summed E-state index contributed by atoms with van der Waals surface area (Å²) < 4.78 is 41.6. The van der Waals surface area contributed by atoms with Crippen molar-refractivity contribution in [3.8, 4) is 5.75 Å². The lowest BCUT2D eigenvalue weighted by atomic mass is 9.99. The third-order valence-corrected chi connectivity index (χ3v) is 10.5. The van der Waals surface area contributed by atoms with Crippen molar-refractivity contribution in [2.24, 2.45) is 5.41 Å². The summed E-state index contributed by atoms with van der Waals surface area (Å²) in [4.78, 5) is 26.1. The molecule has 47 heavy (non-hydrogen) atoms. The SMILES string of the molecule is CNc1nc(C)nc2c1ncn2[C@@H]1O[C@](CCl)(CO[P@@](=S)(N[C@H](C)C(=O)OCC(C)(C)C)Oc2cccc3ccccc23)[C@@H](O)[C@@H]1F. The summed E-state index contributed by atoms with van der Waals surface area (Å²) in [6, 6.07) is 12.1. The third-order valence-electron chi connectivity index (χ3n) is 7.54. The van der Waals surface area contributed by atoms with E-state index >= 15 is 4.39 Å². The second kappa shape index (κ2) is 13.9. The van der Waals surface area contributed by atoms with Crippen molar-refractivity contribution in [1.29, 1.82) is 0 Å². The molecule has 12 nitrogen and oxygen atoms in total. The first-order valence-corrected chi connectivity index (χ1v) is 18.2. The molecule has 4 aromatic rings. The van der Waals surface area contributed by atoms with Crippen LogP contribution in [0.2, 0.25) is 0 Å². The second-order valence-electron chi connectivity index (χ2n) is 12.6. The number of alkyl halides is 2. The Labute approximate surface area is 282 Å². The maximum atomic E-state index is 16.0. The summed E-state index contributed by atoms with van der Waals surface area (Å²) in [7, 11) is 1.69. The predicted octanol–water partition coefficient (Wildman–Crippen LogP) is 5.42. The molecular weight excluding hydrogens is 670 g/mol. The number of aliphatic hydroxyl groups is 1. The van der Waals surface area contributed by atoms with Crippen LogP contribution in [0.5, 0.6) is 5.75 Å². The van der Waals surface area contributed by atoms with Gasteiger partial charge < -0.3 is 28.9 Å². The van der Waals surface area contributed by atoms with Crippen molar-refractivity contribution in [3.05, 3.63) is 54.6 Å². The van der Waals surface area contributed by atoms with Crippen LogP contribution in [0.4, 0.5) is 10.2 Å². The van der Waals surface area contributed by atoms with E-state index in [4.69, 9.17) is 41.9 Å². The number of benzene rings is 2. The zero-order chi connectivity index (χ0) is 34.1. The molecule has 3 heterocycles. The molecule has 1 aliphatic rings. The van der Waals surface area contributed by atoms with Crippen LogP contribution in [0.15, 0.2) is 48.8 Å². The lowest BCUT2D eigenvalue weighted by Gasteiger charge is -2.33. The summed E-state index contributed by atoms with van der Waals surface area (Å²) in [5, 5.41) is 18.9. The molecule has 6 atom stereocenters. The Morgan fingerprint density at radius 1 is 1.26 bits per heavy atom. The number of rotatable bonds is 12. The Hall–Kier alpha value is -2.97. The van der Waals surface area contributed by atoms with Crippen LogP contribution in [0.3, 0.4) is 0 Å². The maximum Gasteiger partial charge on any atom is 0.323 e. The van der Waals surface area contributed by atoms with Crippen LogP contribution in [-0.4, -0.2) is 80.7 Å². The number of carbonyl (C=O) groups excluding carboxylic acids is 1. The molecule has 2 aromatic carbocycles. The van der Waals surface area contributed by atoms with Crippen molar-refractivity contribution in [3.63, 3.8) is 0 Å². The van der Waals surface area contributed by atoms with Crippen molar-refractivity contribution >= 4 is 63.8 Å². The number of hydrogen-bond donors (Lipinski definition) is 3. The van der Waals surface area contributed by atoms with E-state index in [2.05, 4.69) is 25.4 Å². The zero-order valence-corrected chi connectivity index (χ0v) is 29.4. The number of halogens is 2. The molecule has 1 fully saturated rings. The fraction of sp³-hybridized carbons (Fsp3) is 0.484. The van der Waals surface area contributed by atoms with Crippen LogP contribution in [-0.2, 0) is 30.6 Å². The summed E-state index contributed by atoms with van der Waals surface area (Å²) in [6.07, 6.45) is -3.66. The number of imidazole rings is 1. The standard InChI is InChI=1S/C31H39ClFN6O6PS/c1-18(29(41)42-15-30(3,4)5)38-46(47,45-22-13-9-11-20-10-7-8-12-21(20)22)43-16-31(14-32)25(40)23(33)28(44-31)39-17-35-24-26(34-6)36-19(2)37-27(24)39/h7-13,17-18,23,25,28,40H,14-16H2,1-6H3,(H,38,47)(H,34,36,37)/t18-,23+,25+,28-,31-,46+/m1/s1. The van der Waals surface area contributed by atoms with E-state index in [0.717, 1.165) is 10.8 Å². The Morgan fingerprint density at radius 2 is 1.98 bits per heavy atom. The highest BCUT2D eigenvalue weighted by molar-refractivity contribution is 8.09. The van der Waals surface area contributed by atoms with Gasteiger partial charge in [0.25, 0.3) is 0 Å². The molecule has 0 spiro atoms. The van der Waals surface area contributed by atoms with E-state index in [9.17, 15) is 9.90 Å². The van der Waals surface area contributed by atoms with E-state index in [1.165, 1.54) is 10.9 Å². The minimum Gasteiger partial charge on any atom is -0.464 e. The van der Waals surface area contributed by atoms with Crippen LogP contribution in [0.1, 0.15) is 39.7 Å². The number of ether oxygens (including phenoxy) is 2. The highest BCUT2D eigenvalue weighted by Gasteiger charge is 2.57. The Kier molecular flexibility index (Phi) is 10.4. The number of aryl methyl sites for hydroxylation is 1. The normalized spacial score (nSPS) is 23.5. The van der Waals surface area contributed by atoms with Crippen LogP contribution in [0, 0.1) is 12.3 Å². The highest BCUT2D eigenvalue weighted by Crippen LogP contribution is 2.50. The van der Waals surface area contributed by atoms with Gasteiger partial charge in [-0.25, -0.2) is 24.4 Å². The third kappa shape index (κ3) is 7.54. The average Bonchev–Trinajstić information content (AvgIpc) is 3.56. The minimum absolute atomic E-state index is 0.184. The quantitative estimate of drug-likeness (QED) is 0.0983. The first kappa shape index (κ1) is 35.3. The van der Waals surface area contributed by atoms with Crippen LogP contribution < -0.4 is 14.9 Å². The fourth-order valence-corrected chi connectivity index (χ4v) is 7.82. The van der Waals surface area contributed by atoms with Crippen molar-refractivity contribution in [1.82, 2.24) is 24.6 Å². The van der Waals surface area contributed by atoms with Crippen molar-refractivity contribution in [2.75, 3.05) is 31.5 Å². The molecule has 3 N–H and O–H groups in total. The van der Waals surface area contributed by atoms with Gasteiger partial charge >= 0.3 is 12.6 Å². The number of aliphatic hydroxyl groups excluding tert-OH is 1. The van der Waals surface area contributed by atoms with Gasteiger partial charge in [0, 0.05) is 12.4 Å². The topological polar surface area (TPSA) is 142 Å². The van der Waals surface area contributed by atoms with E-state index in [1.54, 1.807) is 33.0 Å². The molecule has 254 valence electrons. The summed E-state index contributed by atoms with van der Waals surface area (Å²) in [5.41, 5.74) is -1.31. The molecule has 16 heteroatoms. The Balaban J connectivity index is 1.44. The maximum absolute atomic E-state index is 16.0. The molecule has 0 bridgehead atoms. The van der Waals surface area contributed by atoms with Crippen LogP contribution >= 0.6 is 18.2 Å². The van der Waals surface area contributed by atoms with Gasteiger partial charge in [0.05, 0.1) is 25.4 Å². The lowest BCUT2D eigenvalue weighted by molar-refractivity contribution is -0.148. The lowest BCUT2D eigenvalue weighted by Crippen LogP contribution is -2.48. The molecule has 2 aromatic heterocycles. The molecule has 0 saturated carbocycles. The molecule has 1 saturated heterocycles. The number of carbonyl (C=O) groups is 1. The average molecular weight is 709 g/mol. The first-order valence-electron chi connectivity index (χ1n) is 15.0. The van der Waals surface area contributed by atoms with Crippen molar-refractivity contribution < 1.29 is 32.8 Å². The predicted molar refractivity (Wildman–Crippen MR) is 182 cm³/mol. The van der Waals surface area contributed by atoms with Gasteiger partial charge in [-0.2, -0.15) is 0 Å². The smallest absolute Gasteiger partial charge is 0.323 e. The van der Waals surface area contributed by atoms with E-state index in [1.807, 2.05) is 51.1 Å². The monoisotopic (exact) mass is 708 g/mol. The van der Waals surface area contributed by atoms with Crippen molar-refractivity contribution in [2.45, 2.75) is 64.8 Å². The van der Waals surface area contributed by atoms with Gasteiger partial charge in [-0.3, -0.25) is 9.36 Å². The summed E-state index contributed by atoms with van der Waals surface area (Å²) in [5.74, 6) is 0.373. The first-order chi connectivity index (χ1) is 22.2. The van der Waals surface area contributed by atoms with Gasteiger partial charge in [-0.1, -0.05) is 57.2 Å². The number of nitrogens with one attached hydrogen (secondary N) is 2. The molecule has 0 radical (unpaired) electrons. The number of nitrogens with zero attached hydrogens (tertiary/aromatic N) is 4. The molecule has 0 aliphatic carbocycles. The number of hydrogen-bond acceptors (Lipinski definition) is 11. The number of aromatic nitrogens is 4. The number of esters is 1. The van der Waals surface area contributed by atoms with Gasteiger partial charge in [-0.05, 0) is 42.5 Å². The van der Waals surface area contributed by atoms with Gasteiger partial charge in [0.2, 0.25) is 0 Å². The fourth-order valence-electron chi connectivity index (χ4n) is 5.08. The van der Waals surface area contributed by atoms with E-state index < -0.39 is 49.4 Å².